The summed E-state index contributed by atoms with van der Waals surface area (Å²) in [5.74, 6) is -0.245. The molecule has 0 aliphatic heterocycles. The van der Waals surface area contributed by atoms with E-state index in [2.05, 4.69) is 44.1 Å². The van der Waals surface area contributed by atoms with Gasteiger partial charge in [0.1, 0.15) is 5.75 Å². The van der Waals surface area contributed by atoms with E-state index in [9.17, 15) is 9.90 Å². The Bertz CT molecular complexity index is 394. The zero-order valence-electron chi connectivity index (χ0n) is 9.54. The van der Waals surface area contributed by atoms with E-state index in [4.69, 9.17) is 0 Å². The van der Waals surface area contributed by atoms with Gasteiger partial charge in [0.05, 0.1) is 5.56 Å². The molecule has 0 heterocycles. The molecule has 1 amide bonds. The lowest BCUT2D eigenvalue weighted by Gasteiger charge is -2.08. The van der Waals surface area contributed by atoms with Crippen LogP contribution in [0.3, 0.4) is 0 Å². The second-order valence-corrected chi connectivity index (χ2v) is 6.32. The number of hydrogen-bond acceptors (Lipinski definition) is 2. The summed E-state index contributed by atoms with van der Waals surface area (Å²) in [5, 5.41) is 12.3. The van der Waals surface area contributed by atoms with Crippen molar-refractivity contribution in [3.05, 3.63) is 28.2 Å². The SMILES string of the molecule is CC(Br)CCCNC(=O)c1cc(Br)ccc1O. The second-order valence-electron chi connectivity index (χ2n) is 3.84. The largest absolute Gasteiger partial charge is 0.507 e. The molecular formula is C12H15Br2NO2. The van der Waals surface area contributed by atoms with Crippen LogP contribution in [0.4, 0.5) is 0 Å². The highest BCUT2D eigenvalue weighted by Crippen LogP contribution is 2.21. The van der Waals surface area contributed by atoms with Crippen LogP contribution in [0.25, 0.3) is 0 Å². The molecule has 0 saturated heterocycles. The third-order valence-corrected chi connectivity index (χ3v) is 3.22. The van der Waals surface area contributed by atoms with Gasteiger partial charge in [-0.3, -0.25) is 4.79 Å². The van der Waals surface area contributed by atoms with Gasteiger partial charge in [0.2, 0.25) is 0 Å². The van der Waals surface area contributed by atoms with Gasteiger partial charge >= 0.3 is 0 Å². The highest BCUT2D eigenvalue weighted by molar-refractivity contribution is 9.10. The second kappa shape index (κ2) is 7.01. The maximum atomic E-state index is 11.8. The molecule has 1 unspecified atom stereocenters. The quantitative estimate of drug-likeness (QED) is 0.621. The fourth-order valence-corrected chi connectivity index (χ4v) is 2.06. The molecule has 0 fully saturated rings. The van der Waals surface area contributed by atoms with E-state index in [0.29, 0.717) is 16.9 Å². The maximum Gasteiger partial charge on any atom is 0.255 e. The van der Waals surface area contributed by atoms with Crippen molar-refractivity contribution in [2.45, 2.75) is 24.6 Å². The highest BCUT2D eigenvalue weighted by Gasteiger charge is 2.10. The summed E-state index contributed by atoms with van der Waals surface area (Å²) in [7, 11) is 0. The number of hydrogen-bond donors (Lipinski definition) is 2. The highest BCUT2D eigenvalue weighted by atomic mass is 79.9. The van der Waals surface area contributed by atoms with Gasteiger partial charge in [0.25, 0.3) is 5.91 Å². The van der Waals surface area contributed by atoms with Gasteiger partial charge in [-0.25, -0.2) is 0 Å². The van der Waals surface area contributed by atoms with Crippen LogP contribution in [-0.2, 0) is 0 Å². The number of phenolic OH excluding ortho intramolecular Hbond substituents is 1. The van der Waals surface area contributed by atoms with Crippen molar-refractivity contribution in [2.75, 3.05) is 6.54 Å². The Balaban J connectivity index is 2.49. The number of alkyl halides is 1. The molecule has 17 heavy (non-hydrogen) atoms. The topological polar surface area (TPSA) is 49.3 Å². The van der Waals surface area contributed by atoms with Crippen molar-refractivity contribution in [1.29, 1.82) is 0 Å². The van der Waals surface area contributed by atoms with Crippen molar-refractivity contribution in [2.24, 2.45) is 0 Å². The van der Waals surface area contributed by atoms with Crippen LogP contribution in [0.5, 0.6) is 5.75 Å². The molecule has 0 bridgehead atoms. The van der Waals surface area contributed by atoms with Gasteiger partial charge in [-0.1, -0.05) is 38.8 Å². The van der Waals surface area contributed by atoms with Gasteiger partial charge in [-0.2, -0.15) is 0 Å². The predicted molar refractivity (Wildman–Crippen MR) is 75.8 cm³/mol. The summed E-state index contributed by atoms with van der Waals surface area (Å²) in [6.45, 7) is 2.68. The molecule has 0 radical (unpaired) electrons. The summed E-state index contributed by atoms with van der Waals surface area (Å²) in [5.41, 5.74) is 0.297. The van der Waals surface area contributed by atoms with Crippen molar-refractivity contribution in [3.63, 3.8) is 0 Å². The summed E-state index contributed by atoms with van der Waals surface area (Å²) in [6, 6.07) is 4.80. The number of benzene rings is 1. The molecule has 0 saturated carbocycles. The fraction of sp³-hybridized carbons (Fsp3) is 0.417. The molecule has 1 aromatic rings. The predicted octanol–water partition coefficient (Wildman–Crippen LogP) is 3.45. The summed E-state index contributed by atoms with van der Waals surface area (Å²) >= 11 is 6.72. The first-order valence-electron chi connectivity index (χ1n) is 5.41. The van der Waals surface area contributed by atoms with E-state index in [1.807, 2.05) is 0 Å². The number of aromatic hydroxyl groups is 1. The van der Waals surface area contributed by atoms with Crippen LogP contribution < -0.4 is 5.32 Å². The minimum Gasteiger partial charge on any atom is -0.507 e. The molecular weight excluding hydrogens is 350 g/mol. The lowest BCUT2D eigenvalue weighted by Crippen LogP contribution is -2.24. The Labute approximate surface area is 118 Å². The number of halogens is 2. The molecule has 0 aliphatic rings. The van der Waals surface area contributed by atoms with E-state index in [1.165, 1.54) is 6.07 Å². The van der Waals surface area contributed by atoms with Gasteiger partial charge in [0, 0.05) is 15.8 Å². The molecule has 1 aromatic carbocycles. The lowest BCUT2D eigenvalue weighted by atomic mass is 10.2. The fourth-order valence-electron chi connectivity index (χ4n) is 1.37. The van der Waals surface area contributed by atoms with Crippen LogP contribution in [0.15, 0.2) is 22.7 Å². The van der Waals surface area contributed by atoms with Crippen molar-refractivity contribution < 1.29 is 9.90 Å². The lowest BCUT2D eigenvalue weighted by molar-refractivity contribution is 0.0950. The van der Waals surface area contributed by atoms with Crippen molar-refractivity contribution in [1.82, 2.24) is 5.32 Å². The van der Waals surface area contributed by atoms with E-state index in [-0.39, 0.29) is 11.7 Å². The molecule has 2 N–H and O–H groups in total. The average Bonchev–Trinajstić information content (AvgIpc) is 2.27. The first kappa shape index (κ1) is 14.5. The smallest absolute Gasteiger partial charge is 0.255 e. The van der Waals surface area contributed by atoms with Gasteiger partial charge in [0.15, 0.2) is 0 Å². The van der Waals surface area contributed by atoms with Crippen LogP contribution in [0, 0.1) is 0 Å². The molecule has 1 rings (SSSR count). The normalized spacial score (nSPS) is 12.2. The molecule has 0 aromatic heterocycles. The van der Waals surface area contributed by atoms with Gasteiger partial charge in [-0.05, 0) is 31.0 Å². The third kappa shape index (κ3) is 5.08. The number of phenols is 1. The molecule has 1 atom stereocenters. The van der Waals surface area contributed by atoms with E-state index in [1.54, 1.807) is 12.1 Å². The van der Waals surface area contributed by atoms with Crippen LogP contribution in [0.2, 0.25) is 0 Å². The maximum absolute atomic E-state index is 11.8. The summed E-state index contributed by atoms with van der Waals surface area (Å²) in [6.07, 6.45) is 1.91. The van der Waals surface area contributed by atoms with Crippen molar-refractivity contribution >= 4 is 37.8 Å². The first-order valence-corrected chi connectivity index (χ1v) is 7.12. The standard InChI is InChI=1S/C12H15Br2NO2/c1-8(13)3-2-6-15-12(17)10-7-9(14)4-5-11(10)16/h4-5,7-8,16H,2-3,6H2,1H3,(H,15,17). The molecule has 94 valence electrons. The van der Waals surface area contributed by atoms with Gasteiger partial charge < -0.3 is 10.4 Å². The zero-order valence-corrected chi connectivity index (χ0v) is 12.7. The molecule has 0 spiro atoms. The Hall–Kier alpha value is -0.550. The minimum atomic E-state index is -0.244. The third-order valence-electron chi connectivity index (χ3n) is 2.27. The van der Waals surface area contributed by atoms with Crippen LogP contribution >= 0.6 is 31.9 Å². The Morgan fingerprint density at radius 1 is 1.53 bits per heavy atom. The average molecular weight is 365 g/mol. The van der Waals surface area contributed by atoms with Crippen molar-refractivity contribution in [3.8, 4) is 5.75 Å². The Kier molecular flexibility index (Phi) is 5.98. The Morgan fingerprint density at radius 3 is 2.88 bits per heavy atom. The number of amides is 1. The Morgan fingerprint density at radius 2 is 2.24 bits per heavy atom. The first-order chi connectivity index (χ1) is 8.00. The monoisotopic (exact) mass is 363 g/mol. The molecule has 5 heteroatoms. The van der Waals surface area contributed by atoms with Gasteiger partial charge in [-0.15, -0.1) is 0 Å². The number of rotatable bonds is 5. The summed E-state index contributed by atoms with van der Waals surface area (Å²) < 4.78 is 0.773. The molecule has 0 aliphatic carbocycles. The van der Waals surface area contributed by atoms with Crippen LogP contribution in [0.1, 0.15) is 30.1 Å². The molecule has 3 nitrogen and oxygen atoms in total. The zero-order chi connectivity index (χ0) is 12.8. The van der Waals surface area contributed by atoms with Crippen LogP contribution in [-0.4, -0.2) is 22.4 Å². The number of carbonyl (C=O) groups excluding carboxylic acids is 1. The van der Waals surface area contributed by atoms with E-state index >= 15 is 0 Å². The number of carbonyl (C=O) groups is 1. The number of nitrogens with one attached hydrogen (secondary N) is 1. The summed E-state index contributed by atoms with van der Waals surface area (Å²) in [4.78, 5) is 12.2. The van der Waals surface area contributed by atoms with E-state index < -0.39 is 0 Å². The van der Waals surface area contributed by atoms with E-state index in [0.717, 1.165) is 17.3 Å². The minimum absolute atomic E-state index is 0.000408.